The molecule has 1 aromatic carbocycles. The van der Waals surface area contributed by atoms with Crippen LogP contribution >= 0.6 is 0 Å². The first-order valence-corrected chi connectivity index (χ1v) is 6.49. The van der Waals surface area contributed by atoms with Crippen LogP contribution in [0, 0.1) is 0 Å². The summed E-state index contributed by atoms with van der Waals surface area (Å²) in [6.07, 6.45) is 0.906. The summed E-state index contributed by atoms with van der Waals surface area (Å²) in [7, 11) is 1.55. The molecular weight excluding hydrogens is 262 g/mol. The molecular formula is C14H21NO5. The van der Waals surface area contributed by atoms with Gasteiger partial charge in [-0.15, -0.1) is 0 Å². The molecule has 6 heteroatoms. The zero-order chi connectivity index (χ0) is 15.0. The second kappa shape index (κ2) is 8.39. The molecule has 0 aromatic heterocycles. The predicted octanol–water partition coefficient (Wildman–Crippen LogP) is 1.02. The molecule has 1 atom stereocenters. The molecule has 1 aromatic rings. The van der Waals surface area contributed by atoms with E-state index >= 15 is 0 Å². The van der Waals surface area contributed by atoms with E-state index in [9.17, 15) is 4.79 Å². The monoisotopic (exact) mass is 283 g/mol. The maximum absolute atomic E-state index is 10.8. The van der Waals surface area contributed by atoms with Crippen LogP contribution in [0.5, 0.6) is 11.5 Å². The fraction of sp³-hybridized carbons (Fsp3) is 0.500. The van der Waals surface area contributed by atoms with Crippen molar-refractivity contribution in [1.29, 1.82) is 0 Å². The van der Waals surface area contributed by atoms with Gasteiger partial charge in [0.05, 0.1) is 20.3 Å². The van der Waals surface area contributed by atoms with E-state index in [0.717, 1.165) is 12.0 Å². The quantitative estimate of drug-likeness (QED) is 0.627. The van der Waals surface area contributed by atoms with Crippen LogP contribution in [0.1, 0.15) is 18.9 Å². The molecule has 0 saturated carbocycles. The highest BCUT2D eigenvalue weighted by atomic mass is 16.5. The van der Waals surface area contributed by atoms with Crippen LogP contribution in [0.25, 0.3) is 0 Å². The molecule has 112 valence electrons. The minimum atomic E-state index is -1.08. The Labute approximate surface area is 118 Å². The summed E-state index contributed by atoms with van der Waals surface area (Å²) in [4.78, 5) is 10.8. The Morgan fingerprint density at radius 2 is 2.15 bits per heavy atom. The lowest BCUT2D eigenvalue weighted by molar-refractivity contribution is -0.140. The van der Waals surface area contributed by atoms with Crippen molar-refractivity contribution in [2.75, 3.05) is 20.3 Å². The first-order valence-electron chi connectivity index (χ1n) is 6.49. The van der Waals surface area contributed by atoms with Gasteiger partial charge in [0.2, 0.25) is 0 Å². The van der Waals surface area contributed by atoms with E-state index in [2.05, 4.69) is 5.32 Å². The highest BCUT2D eigenvalue weighted by molar-refractivity contribution is 5.73. The maximum Gasteiger partial charge on any atom is 0.323 e. The summed E-state index contributed by atoms with van der Waals surface area (Å²) in [6.45, 7) is 2.50. The third kappa shape index (κ3) is 4.71. The first-order chi connectivity index (χ1) is 9.62. The van der Waals surface area contributed by atoms with Gasteiger partial charge in [-0.05, 0) is 24.1 Å². The van der Waals surface area contributed by atoms with Gasteiger partial charge in [-0.2, -0.15) is 0 Å². The molecule has 0 aliphatic carbocycles. The van der Waals surface area contributed by atoms with Crippen molar-refractivity contribution in [3.8, 4) is 11.5 Å². The average Bonchev–Trinajstić information content (AvgIpc) is 2.45. The van der Waals surface area contributed by atoms with E-state index in [0.29, 0.717) is 24.7 Å². The first kappa shape index (κ1) is 16.3. The molecule has 6 nitrogen and oxygen atoms in total. The summed E-state index contributed by atoms with van der Waals surface area (Å²) >= 11 is 0. The molecule has 0 heterocycles. The van der Waals surface area contributed by atoms with Crippen LogP contribution in [0.4, 0.5) is 0 Å². The number of carbonyl (C=O) groups is 1. The summed E-state index contributed by atoms with van der Waals surface area (Å²) < 4.78 is 10.8. The standard InChI is InChI=1S/C14H21NO5/c1-3-6-20-12-5-4-10(7-13(12)19-2)8-15-11(9-16)14(17)18/h4-5,7,11,15-16H,3,6,8-9H2,1-2H3,(H,17,18). The van der Waals surface area contributed by atoms with Crippen molar-refractivity contribution in [2.45, 2.75) is 25.9 Å². The van der Waals surface area contributed by atoms with Crippen molar-refractivity contribution >= 4 is 5.97 Å². The van der Waals surface area contributed by atoms with Gasteiger partial charge in [-0.1, -0.05) is 13.0 Å². The number of ether oxygens (including phenoxy) is 2. The zero-order valence-corrected chi connectivity index (χ0v) is 11.8. The van der Waals surface area contributed by atoms with E-state index in [1.54, 1.807) is 19.2 Å². The molecule has 0 fully saturated rings. The van der Waals surface area contributed by atoms with E-state index in [-0.39, 0.29) is 0 Å². The normalized spacial score (nSPS) is 11.9. The van der Waals surface area contributed by atoms with Crippen molar-refractivity contribution < 1.29 is 24.5 Å². The molecule has 0 amide bonds. The molecule has 0 saturated heterocycles. The van der Waals surface area contributed by atoms with Gasteiger partial charge < -0.3 is 19.7 Å². The summed E-state index contributed by atoms with van der Waals surface area (Å²) in [5.74, 6) is 0.186. The average molecular weight is 283 g/mol. The number of hydrogen-bond donors (Lipinski definition) is 3. The summed E-state index contributed by atoms with van der Waals surface area (Å²) in [5, 5.41) is 20.5. The minimum Gasteiger partial charge on any atom is -0.493 e. The lowest BCUT2D eigenvalue weighted by atomic mass is 10.2. The minimum absolute atomic E-state index is 0.321. The number of rotatable bonds is 9. The van der Waals surface area contributed by atoms with Gasteiger partial charge in [-0.25, -0.2) is 0 Å². The SMILES string of the molecule is CCCOc1ccc(CNC(CO)C(=O)O)cc1OC. The van der Waals surface area contributed by atoms with E-state index in [4.69, 9.17) is 19.7 Å². The molecule has 0 aliphatic rings. The number of methoxy groups -OCH3 is 1. The summed E-state index contributed by atoms with van der Waals surface area (Å²) in [5.41, 5.74) is 0.852. The third-order valence-corrected chi connectivity index (χ3v) is 2.72. The molecule has 0 spiro atoms. The number of aliphatic carboxylic acids is 1. The predicted molar refractivity (Wildman–Crippen MR) is 74.1 cm³/mol. The van der Waals surface area contributed by atoms with Gasteiger partial charge >= 0.3 is 5.97 Å². The van der Waals surface area contributed by atoms with Gasteiger partial charge in [-0.3, -0.25) is 10.1 Å². The topological polar surface area (TPSA) is 88.0 Å². The second-order valence-electron chi connectivity index (χ2n) is 4.29. The van der Waals surface area contributed by atoms with E-state index in [1.165, 1.54) is 0 Å². The number of carboxylic acid groups (broad SMARTS) is 1. The largest absolute Gasteiger partial charge is 0.493 e. The van der Waals surface area contributed by atoms with Gasteiger partial charge in [0.15, 0.2) is 11.5 Å². The van der Waals surface area contributed by atoms with Crippen LogP contribution < -0.4 is 14.8 Å². The number of aliphatic hydroxyl groups excluding tert-OH is 1. The van der Waals surface area contributed by atoms with Gasteiger partial charge in [0.1, 0.15) is 6.04 Å². The van der Waals surface area contributed by atoms with Crippen LogP contribution in [0.2, 0.25) is 0 Å². The highest BCUT2D eigenvalue weighted by Gasteiger charge is 2.15. The van der Waals surface area contributed by atoms with Gasteiger partial charge in [0.25, 0.3) is 0 Å². The van der Waals surface area contributed by atoms with Crippen LogP contribution in [-0.4, -0.2) is 42.5 Å². The molecule has 1 rings (SSSR count). The Bertz CT molecular complexity index is 436. The van der Waals surface area contributed by atoms with Crippen molar-refractivity contribution in [1.82, 2.24) is 5.32 Å². The van der Waals surface area contributed by atoms with Crippen LogP contribution in [0.3, 0.4) is 0 Å². The Balaban J connectivity index is 2.69. The Kier molecular flexibility index (Phi) is 6.83. The number of benzene rings is 1. The highest BCUT2D eigenvalue weighted by Crippen LogP contribution is 2.28. The number of hydrogen-bond acceptors (Lipinski definition) is 5. The van der Waals surface area contributed by atoms with Crippen molar-refractivity contribution in [3.63, 3.8) is 0 Å². The molecule has 0 radical (unpaired) electrons. The van der Waals surface area contributed by atoms with Crippen LogP contribution in [0.15, 0.2) is 18.2 Å². The molecule has 1 unspecified atom stereocenters. The molecule has 20 heavy (non-hydrogen) atoms. The third-order valence-electron chi connectivity index (χ3n) is 2.72. The molecule has 0 aliphatic heterocycles. The van der Waals surface area contributed by atoms with Crippen molar-refractivity contribution in [3.05, 3.63) is 23.8 Å². The lowest BCUT2D eigenvalue weighted by Crippen LogP contribution is -2.39. The number of aliphatic hydroxyl groups is 1. The Morgan fingerprint density at radius 1 is 1.40 bits per heavy atom. The number of carboxylic acids is 1. The molecule has 0 bridgehead atoms. The fourth-order valence-electron chi connectivity index (χ4n) is 1.62. The Morgan fingerprint density at radius 3 is 2.70 bits per heavy atom. The van der Waals surface area contributed by atoms with E-state index < -0.39 is 18.6 Å². The molecule has 3 N–H and O–H groups in total. The Hall–Kier alpha value is -1.79. The zero-order valence-electron chi connectivity index (χ0n) is 11.8. The second-order valence-corrected chi connectivity index (χ2v) is 4.29. The van der Waals surface area contributed by atoms with E-state index in [1.807, 2.05) is 13.0 Å². The smallest absolute Gasteiger partial charge is 0.323 e. The maximum atomic E-state index is 10.8. The lowest BCUT2D eigenvalue weighted by Gasteiger charge is -2.14. The van der Waals surface area contributed by atoms with Gasteiger partial charge in [0, 0.05) is 6.54 Å². The van der Waals surface area contributed by atoms with Crippen LogP contribution in [-0.2, 0) is 11.3 Å². The summed E-state index contributed by atoms with van der Waals surface area (Å²) in [6, 6.07) is 4.43. The number of nitrogens with one attached hydrogen (secondary N) is 1. The fourth-order valence-corrected chi connectivity index (χ4v) is 1.62. The van der Waals surface area contributed by atoms with Crippen molar-refractivity contribution in [2.24, 2.45) is 0 Å².